The average Bonchev–Trinajstić information content (AvgIpc) is 3.28. The van der Waals surface area contributed by atoms with Gasteiger partial charge in [-0.1, -0.05) is 51.1 Å². The maximum Gasteiger partial charge on any atom is 0.0247 e. The Hall–Kier alpha value is -0.860. The Morgan fingerprint density at radius 1 is 1.25 bits per heavy atom. The summed E-state index contributed by atoms with van der Waals surface area (Å²) in [7, 11) is 0. The zero-order chi connectivity index (χ0) is 14.1. The third-order valence-electron chi connectivity index (χ3n) is 5.15. The van der Waals surface area contributed by atoms with Gasteiger partial charge in [0.1, 0.15) is 0 Å². The van der Waals surface area contributed by atoms with Crippen molar-refractivity contribution in [1.82, 2.24) is 10.2 Å². The molecule has 1 saturated heterocycles. The summed E-state index contributed by atoms with van der Waals surface area (Å²) in [6.07, 6.45) is 2.59. The van der Waals surface area contributed by atoms with E-state index in [9.17, 15) is 0 Å². The maximum absolute atomic E-state index is 3.73. The zero-order valence-electron chi connectivity index (χ0n) is 13.0. The van der Waals surface area contributed by atoms with Gasteiger partial charge in [0.05, 0.1) is 0 Å². The molecule has 1 aliphatic heterocycles. The smallest absolute Gasteiger partial charge is 0.0247 e. The highest BCUT2D eigenvalue weighted by Gasteiger charge is 2.46. The minimum atomic E-state index is 0.682. The molecule has 0 aromatic heterocycles. The second-order valence-electron chi connectivity index (χ2n) is 6.84. The SMILES string of the molecule is CCC1CN(C2CC2c2ccccc2)C(C(C)C)CN1. The lowest BCUT2D eigenvalue weighted by Crippen LogP contribution is -2.58. The van der Waals surface area contributed by atoms with Crippen molar-refractivity contribution >= 4 is 0 Å². The number of hydrogen-bond donors (Lipinski definition) is 1. The van der Waals surface area contributed by atoms with Gasteiger partial charge in [0.2, 0.25) is 0 Å². The van der Waals surface area contributed by atoms with Crippen molar-refractivity contribution < 1.29 is 0 Å². The predicted molar refractivity (Wildman–Crippen MR) is 85.0 cm³/mol. The van der Waals surface area contributed by atoms with Crippen molar-refractivity contribution in [2.24, 2.45) is 5.92 Å². The first-order valence-corrected chi connectivity index (χ1v) is 8.24. The van der Waals surface area contributed by atoms with Crippen LogP contribution in [0.2, 0.25) is 0 Å². The Labute approximate surface area is 123 Å². The van der Waals surface area contributed by atoms with E-state index in [1.165, 1.54) is 24.9 Å². The molecular formula is C18H28N2. The van der Waals surface area contributed by atoms with Crippen LogP contribution in [0.3, 0.4) is 0 Å². The van der Waals surface area contributed by atoms with Gasteiger partial charge in [0, 0.05) is 37.1 Å². The van der Waals surface area contributed by atoms with Gasteiger partial charge < -0.3 is 5.32 Å². The molecule has 2 heteroatoms. The first kappa shape index (κ1) is 14.1. The molecule has 0 amide bonds. The van der Waals surface area contributed by atoms with Crippen molar-refractivity contribution in [2.45, 2.75) is 57.7 Å². The fourth-order valence-electron chi connectivity index (χ4n) is 3.74. The van der Waals surface area contributed by atoms with Crippen LogP contribution in [0, 0.1) is 5.92 Å². The Balaban J connectivity index is 1.71. The van der Waals surface area contributed by atoms with E-state index in [-0.39, 0.29) is 0 Å². The molecule has 1 N–H and O–H groups in total. The Kier molecular flexibility index (Phi) is 4.13. The largest absolute Gasteiger partial charge is 0.311 e. The van der Waals surface area contributed by atoms with Gasteiger partial charge in [-0.2, -0.15) is 0 Å². The lowest BCUT2D eigenvalue weighted by Gasteiger charge is -2.43. The minimum absolute atomic E-state index is 0.682. The van der Waals surface area contributed by atoms with Gasteiger partial charge in [0.15, 0.2) is 0 Å². The Morgan fingerprint density at radius 2 is 2.00 bits per heavy atom. The molecule has 0 spiro atoms. The molecule has 110 valence electrons. The van der Waals surface area contributed by atoms with E-state index in [2.05, 4.69) is 61.3 Å². The lowest BCUT2D eigenvalue weighted by atomic mass is 9.97. The number of rotatable bonds is 4. The maximum atomic E-state index is 3.73. The van der Waals surface area contributed by atoms with Gasteiger partial charge in [-0.3, -0.25) is 4.90 Å². The van der Waals surface area contributed by atoms with E-state index < -0.39 is 0 Å². The van der Waals surface area contributed by atoms with E-state index in [0.717, 1.165) is 24.4 Å². The van der Waals surface area contributed by atoms with Crippen LogP contribution in [0.1, 0.15) is 45.1 Å². The van der Waals surface area contributed by atoms with Gasteiger partial charge in [-0.15, -0.1) is 0 Å². The molecule has 1 aromatic carbocycles. The average molecular weight is 272 g/mol. The molecule has 1 aliphatic carbocycles. The Morgan fingerprint density at radius 3 is 2.65 bits per heavy atom. The summed E-state index contributed by atoms with van der Waals surface area (Å²) in [5.74, 6) is 1.50. The highest BCUT2D eigenvalue weighted by Crippen LogP contribution is 2.46. The fraction of sp³-hybridized carbons (Fsp3) is 0.667. The molecule has 3 rings (SSSR count). The molecule has 0 radical (unpaired) electrons. The first-order chi connectivity index (χ1) is 9.70. The standard InChI is InChI=1S/C18H28N2/c1-4-15-12-20(18(11-19-15)13(2)3)17-10-16(17)14-8-6-5-7-9-14/h5-9,13,15-19H,4,10-12H2,1-3H3. The van der Waals surface area contributed by atoms with Crippen molar-refractivity contribution in [2.75, 3.05) is 13.1 Å². The van der Waals surface area contributed by atoms with E-state index in [1.54, 1.807) is 0 Å². The summed E-state index contributed by atoms with van der Waals surface area (Å²) in [5.41, 5.74) is 1.53. The van der Waals surface area contributed by atoms with Crippen LogP contribution in [0.15, 0.2) is 30.3 Å². The molecule has 20 heavy (non-hydrogen) atoms. The summed E-state index contributed by atoms with van der Waals surface area (Å²) < 4.78 is 0. The number of hydrogen-bond acceptors (Lipinski definition) is 2. The molecule has 4 unspecified atom stereocenters. The second kappa shape index (κ2) is 5.87. The summed E-state index contributed by atoms with van der Waals surface area (Å²) in [6.45, 7) is 9.42. The summed E-state index contributed by atoms with van der Waals surface area (Å²) >= 11 is 0. The lowest BCUT2D eigenvalue weighted by molar-refractivity contribution is 0.0875. The Bertz CT molecular complexity index is 428. The molecule has 0 bridgehead atoms. The summed E-state index contributed by atoms with van der Waals surface area (Å²) in [4.78, 5) is 2.81. The number of nitrogens with one attached hydrogen (secondary N) is 1. The third kappa shape index (κ3) is 2.77. The fourth-order valence-corrected chi connectivity index (χ4v) is 3.74. The highest BCUT2D eigenvalue weighted by atomic mass is 15.3. The molecular weight excluding hydrogens is 244 g/mol. The van der Waals surface area contributed by atoms with Crippen LogP contribution in [0.5, 0.6) is 0 Å². The van der Waals surface area contributed by atoms with Crippen molar-refractivity contribution in [3.63, 3.8) is 0 Å². The number of nitrogens with zero attached hydrogens (tertiary/aromatic N) is 1. The topological polar surface area (TPSA) is 15.3 Å². The number of piperazine rings is 1. The monoisotopic (exact) mass is 272 g/mol. The van der Waals surface area contributed by atoms with Gasteiger partial charge >= 0.3 is 0 Å². The minimum Gasteiger partial charge on any atom is -0.311 e. The molecule has 2 aliphatic rings. The normalized spacial score (nSPS) is 34.4. The molecule has 1 saturated carbocycles. The van der Waals surface area contributed by atoms with E-state index in [4.69, 9.17) is 0 Å². The highest BCUT2D eigenvalue weighted by molar-refractivity contribution is 5.28. The quantitative estimate of drug-likeness (QED) is 0.905. The molecule has 2 fully saturated rings. The second-order valence-corrected chi connectivity index (χ2v) is 6.84. The summed E-state index contributed by atoms with van der Waals surface area (Å²) in [6, 6.07) is 13.2. The predicted octanol–water partition coefficient (Wildman–Crippen LogP) is 3.25. The van der Waals surface area contributed by atoms with Crippen LogP contribution < -0.4 is 5.32 Å². The van der Waals surface area contributed by atoms with Crippen LogP contribution in [-0.2, 0) is 0 Å². The molecule has 4 atom stereocenters. The van der Waals surface area contributed by atoms with Gasteiger partial charge in [-0.25, -0.2) is 0 Å². The number of benzene rings is 1. The first-order valence-electron chi connectivity index (χ1n) is 8.24. The van der Waals surface area contributed by atoms with Gasteiger partial charge in [0.25, 0.3) is 0 Å². The van der Waals surface area contributed by atoms with E-state index in [0.29, 0.717) is 12.1 Å². The van der Waals surface area contributed by atoms with Gasteiger partial charge in [-0.05, 0) is 24.3 Å². The van der Waals surface area contributed by atoms with Crippen molar-refractivity contribution in [3.8, 4) is 0 Å². The zero-order valence-corrected chi connectivity index (χ0v) is 13.0. The summed E-state index contributed by atoms with van der Waals surface area (Å²) in [5, 5.41) is 3.73. The molecule has 1 aromatic rings. The third-order valence-corrected chi connectivity index (χ3v) is 5.15. The van der Waals surface area contributed by atoms with Crippen LogP contribution in [-0.4, -0.2) is 36.1 Å². The van der Waals surface area contributed by atoms with E-state index >= 15 is 0 Å². The van der Waals surface area contributed by atoms with Crippen LogP contribution in [0.4, 0.5) is 0 Å². The van der Waals surface area contributed by atoms with Crippen molar-refractivity contribution in [1.29, 1.82) is 0 Å². The molecule has 1 heterocycles. The van der Waals surface area contributed by atoms with E-state index in [1.807, 2.05) is 0 Å². The van der Waals surface area contributed by atoms with Crippen LogP contribution in [0.25, 0.3) is 0 Å². The van der Waals surface area contributed by atoms with Crippen LogP contribution >= 0.6 is 0 Å². The molecule has 2 nitrogen and oxygen atoms in total. The van der Waals surface area contributed by atoms with Crippen molar-refractivity contribution in [3.05, 3.63) is 35.9 Å².